The smallest absolute Gasteiger partial charge is 0.338 e. The van der Waals surface area contributed by atoms with Crippen LogP contribution in [-0.2, 0) is 4.74 Å². The lowest BCUT2D eigenvalue weighted by Crippen LogP contribution is -2.02. The number of hydrogen-bond acceptors (Lipinski definition) is 4. The van der Waals surface area contributed by atoms with Gasteiger partial charge in [0.05, 0.1) is 18.2 Å². The first-order valence-corrected chi connectivity index (χ1v) is 6.19. The van der Waals surface area contributed by atoms with Crippen molar-refractivity contribution in [1.82, 2.24) is 14.5 Å². The fraction of sp³-hybridized carbons (Fsp3) is 0.133. The molecule has 0 saturated carbocycles. The van der Waals surface area contributed by atoms with Gasteiger partial charge in [0.25, 0.3) is 0 Å². The summed E-state index contributed by atoms with van der Waals surface area (Å²) in [6.45, 7) is 1.84. The summed E-state index contributed by atoms with van der Waals surface area (Å²) in [6.07, 6.45) is 3.60. The van der Waals surface area contributed by atoms with E-state index in [9.17, 15) is 4.79 Å². The van der Waals surface area contributed by atoms with E-state index in [4.69, 9.17) is 4.74 Å². The Morgan fingerprint density at radius 2 is 2.10 bits per heavy atom. The van der Waals surface area contributed by atoms with Crippen LogP contribution in [0.4, 0.5) is 0 Å². The van der Waals surface area contributed by atoms with Crippen molar-refractivity contribution in [2.45, 2.75) is 6.92 Å². The number of carbonyl (C=O) groups is 1. The lowest BCUT2D eigenvalue weighted by Gasteiger charge is -2.06. The highest BCUT2D eigenvalue weighted by Gasteiger charge is 2.13. The van der Waals surface area contributed by atoms with Crippen molar-refractivity contribution in [3.63, 3.8) is 0 Å². The minimum absolute atomic E-state index is 0.341. The Morgan fingerprint density at radius 1 is 1.25 bits per heavy atom. The molecule has 0 bridgehead atoms. The minimum atomic E-state index is -0.341. The van der Waals surface area contributed by atoms with Crippen LogP contribution < -0.4 is 0 Å². The van der Waals surface area contributed by atoms with Gasteiger partial charge in [0.2, 0.25) is 0 Å². The Hall–Kier alpha value is -2.69. The minimum Gasteiger partial charge on any atom is -0.465 e. The molecule has 100 valence electrons. The average Bonchev–Trinajstić information content (AvgIpc) is 2.90. The van der Waals surface area contributed by atoms with Crippen LogP contribution in [0.15, 0.2) is 42.7 Å². The van der Waals surface area contributed by atoms with Gasteiger partial charge in [0.1, 0.15) is 11.6 Å². The van der Waals surface area contributed by atoms with Crippen LogP contribution in [-0.4, -0.2) is 27.6 Å². The van der Waals surface area contributed by atoms with E-state index in [1.165, 1.54) is 7.11 Å². The molecule has 3 rings (SSSR count). The van der Waals surface area contributed by atoms with Crippen LogP contribution in [0.3, 0.4) is 0 Å². The maximum atomic E-state index is 11.8. The quantitative estimate of drug-likeness (QED) is 0.669. The van der Waals surface area contributed by atoms with Crippen molar-refractivity contribution in [3.05, 3.63) is 54.1 Å². The van der Waals surface area contributed by atoms with Crippen LogP contribution >= 0.6 is 0 Å². The molecule has 0 N–H and O–H groups in total. The molecule has 2 aromatic heterocycles. The topological polar surface area (TPSA) is 57.0 Å². The standard InChI is InChI=1S/C15H13N3O2/c1-10-16-8-6-14(17-10)18-9-7-11-12(15(19)20-2)4-3-5-13(11)18/h3-9H,1-2H3. The molecule has 1 aromatic carbocycles. The number of aryl methyl sites for hydroxylation is 1. The summed E-state index contributed by atoms with van der Waals surface area (Å²) in [6, 6.07) is 9.25. The SMILES string of the molecule is COC(=O)c1cccc2c1ccn2-c1ccnc(C)n1. The first-order chi connectivity index (χ1) is 9.70. The van der Waals surface area contributed by atoms with E-state index in [-0.39, 0.29) is 5.97 Å². The number of methoxy groups -OCH3 is 1. The molecule has 0 spiro atoms. The number of rotatable bonds is 2. The fourth-order valence-corrected chi connectivity index (χ4v) is 2.23. The van der Waals surface area contributed by atoms with E-state index in [1.54, 1.807) is 12.3 Å². The van der Waals surface area contributed by atoms with Gasteiger partial charge in [-0.05, 0) is 31.2 Å². The van der Waals surface area contributed by atoms with Crippen LogP contribution in [0.5, 0.6) is 0 Å². The number of aromatic nitrogens is 3. The Labute approximate surface area is 115 Å². The van der Waals surface area contributed by atoms with Crippen molar-refractivity contribution < 1.29 is 9.53 Å². The normalized spacial score (nSPS) is 10.7. The predicted molar refractivity (Wildman–Crippen MR) is 74.9 cm³/mol. The predicted octanol–water partition coefficient (Wildman–Crippen LogP) is 2.52. The van der Waals surface area contributed by atoms with E-state index in [2.05, 4.69) is 9.97 Å². The van der Waals surface area contributed by atoms with Gasteiger partial charge in [-0.3, -0.25) is 0 Å². The summed E-state index contributed by atoms with van der Waals surface area (Å²) in [7, 11) is 1.38. The summed E-state index contributed by atoms with van der Waals surface area (Å²) in [5, 5.41) is 0.843. The molecule has 0 aliphatic heterocycles. The van der Waals surface area contributed by atoms with E-state index in [0.717, 1.165) is 16.7 Å². The molecule has 5 nitrogen and oxygen atoms in total. The van der Waals surface area contributed by atoms with Crippen LogP contribution in [0.25, 0.3) is 16.7 Å². The number of carbonyl (C=O) groups excluding carboxylic acids is 1. The molecule has 0 amide bonds. The second-order valence-corrected chi connectivity index (χ2v) is 4.38. The third kappa shape index (κ3) is 1.93. The molecule has 0 fully saturated rings. The lowest BCUT2D eigenvalue weighted by molar-refractivity contribution is 0.0603. The largest absolute Gasteiger partial charge is 0.465 e. The summed E-state index contributed by atoms with van der Waals surface area (Å²) in [4.78, 5) is 20.3. The zero-order valence-electron chi connectivity index (χ0n) is 11.2. The Bertz CT molecular complexity index is 793. The molecule has 0 saturated heterocycles. The van der Waals surface area contributed by atoms with Gasteiger partial charge < -0.3 is 9.30 Å². The highest BCUT2D eigenvalue weighted by molar-refractivity contribution is 6.04. The van der Waals surface area contributed by atoms with Gasteiger partial charge in [0.15, 0.2) is 0 Å². The lowest BCUT2D eigenvalue weighted by atomic mass is 10.1. The van der Waals surface area contributed by atoms with Gasteiger partial charge >= 0.3 is 5.97 Å². The van der Waals surface area contributed by atoms with Crippen molar-refractivity contribution in [1.29, 1.82) is 0 Å². The van der Waals surface area contributed by atoms with Crippen molar-refractivity contribution >= 4 is 16.9 Å². The number of fused-ring (bicyclic) bond motifs is 1. The molecule has 0 unspecified atom stereocenters. The molecular formula is C15H13N3O2. The highest BCUT2D eigenvalue weighted by atomic mass is 16.5. The van der Waals surface area contributed by atoms with E-state index in [0.29, 0.717) is 11.4 Å². The van der Waals surface area contributed by atoms with E-state index < -0.39 is 0 Å². The number of esters is 1. The van der Waals surface area contributed by atoms with Gasteiger partial charge in [-0.25, -0.2) is 14.8 Å². The zero-order chi connectivity index (χ0) is 14.1. The number of ether oxygens (including phenoxy) is 1. The van der Waals surface area contributed by atoms with Crippen LogP contribution in [0.2, 0.25) is 0 Å². The summed E-state index contributed by atoms with van der Waals surface area (Å²) in [5.41, 5.74) is 1.46. The Kier molecular flexibility index (Phi) is 2.95. The van der Waals surface area contributed by atoms with Gasteiger partial charge in [-0.2, -0.15) is 0 Å². The van der Waals surface area contributed by atoms with E-state index >= 15 is 0 Å². The second-order valence-electron chi connectivity index (χ2n) is 4.38. The number of hydrogen-bond donors (Lipinski definition) is 0. The molecular weight excluding hydrogens is 254 g/mol. The summed E-state index contributed by atoms with van der Waals surface area (Å²) in [5.74, 6) is 1.13. The fourth-order valence-electron chi connectivity index (χ4n) is 2.23. The summed E-state index contributed by atoms with van der Waals surface area (Å²) < 4.78 is 6.73. The van der Waals surface area contributed by atoms with Gasteiger partial charge in [0, 0.05) is 17.8 Å². The zero-order valence-corrected chi connectivity index (χ0v) is 11.2. The second kappa shape index (κ2) is 4.77. The molecule has 0 aliphatic carbocycles. The van der Waals surface area contributed by atoms with Crippen LogP contribution in [0, 0.1) is 6.92 Å². The van der Waals surface area contributed by atoms with E-state index in [1.807, 2.05) is 42.0 Å². The average molecular weight is 267 g/mol. The number of benzene rings is 1. The first kappa shape index (κ1) is 12.3. The third-order valence-electron chi connectivity index (χ3n) is 3.15. The highest BCUT2D eigenvalue weighted by Crippen LogP contribution is 2.23. The molecule has 2 heterocycles. The van der Waals surface area contributed by atoms with Crippen molar-refractivity contribution in [3.8, 4) is 5.82 Å². The molecule has 0 aliphatic rings. The Balaban J connectivity index is 2.22. The molecule has 0 radical (unpaired) electrons. The van der Waals surface area contributed by atoms with Crippen LogP contribution in [0.1, 0.15) is 16.2 Å². The molecule has 0 atom stereocenters. The van der Waals surface area contributed by atoms with Gasteiger partial charge in [-0.15, -0.1) is 0 Å². The summed E-state index contributed by atoms with van der Waals surface area (Å²) >= 11 is 0. The molecule has 5 heteroatoms. The van der Waals surface area contributed by atoms with Gasteiger partial charge in [-0.1, -0.05) is 6.07 Å². The van der Waals surface area contributed by atoms with Crippen molar-refractivity contribution in [2.24, 2.45) is 0 Å². The molecule has 20 heavy (non-hydrogen) atoms. The number of nitrogens with zero attached hydrogens (tertiary/aromatic N) is 3. The monoisotopic (exact) mass is 267 g/mol. The maximum Gasteiger partial charge on any atom is 0.338 e. The molecule has 3 aromatic rings. The third-order valence-corrected chi connectivity index (χ3v) is 3.15. The van der Waals surface area contributed by atoms with Crippen molar-refractivity contribution in [2.75, 3.05) is 7.11 Å². The first-order valence-electron chi connectivity index (χ1n) is 6.19. The Morgan fingerprint density at radius 3 is 2.85 bits per heavy atom. The maximum absolute atomic E-state index is 11.8.